The Labute approximate surface area is 157 Å². The minimum absolute atomic E-state index is 0.100. The number of carbonyl (C=O) groups excluding carboxylic acids is 2. The molecule has 0 radical (unpaired) electrons. The van der Waals surface area contributed by atoms with E-state index in [1.807, 2.05) is 0 Å². The molecule has 1 aromatic rings. The summed E-state index contributed by atoms with van der Waals surface area (Å²) in [5.74, 6) is 0.533. The van der Waals surface area contributed by atoms with Crippen molar-refractivity contribution in [3.63, 3.8) is 0 Å². The van der Waals surface area contributed by atoms with Gasteiger partial charge in [-0.2, -0.15) is 0 Å². The Bertz CT molecular complexity index is 731. The van der Waals surface area contributed by atoms with Crippen LogP contribution in [0.2, 0.25) is 0 Å². The summed E-state index contributed by atoms with van der Waals surface area (Å²) in [7, 11) is 0. The normalized spacial score (nSPS) is 24.0. The molecule has 2 N–H and O–H groups in total. The molecule has 3 aliphatic rings. The molecule has 1 atom stereocenters. The van der Waals surface area contributed by atoms with E-state index in [1.165, 1.54) is 0 Å². The fourth-order valence-corrected chi connectivity index (χ4v) is 3.66. The molecule has 0 unspecified atom stereocenters. The van der Waals surface area contributed by atoms with Crippen LogP contribution < -0.4 is 19.7 Å². The molecule has 0 spiro atoms. The second kappa shape index (κ2) is 7.36. The number of aliphatic hydroxyl groups is 1. The van der Waals surface area contributed by atoms with Crippen molar-refractivity contribution in [2.75, 3.05) is 44.4 Å². The van der Waals surface area contributed by atoms with Crippen LogP contribution in [-0.2, 0) is 14.3 Å². The number of nitrogens with one attached hydrogen (secondary N) is 1. The zero-order chi connectivity index (χ0) is 18.9. The number of fused-ring (bicyclic) bond motifs is 1. The van der Waals surface area contributed by atoms with Crippen LogP contribution in [0.4, 0.5) is 5.69 Å². The standard InChI is InChI=1S/C19H24N2O6/c22-17-9-13(18(23)20-12-19(24)3-5-25-6-4-19)11-21(17)14-1-2-15-16(10-14)27-8-7-26-15/h1-2,10,13,24H,3-9,11-12H2,(H,20,23)/t13-/m0/s1. The van der Waals surface area contributed by atoms with Gasteiger partial charge in [0.25, 0.3) is 0 Å². The van der Waals surface area contributed by atoms with E-state index in [2.05, 4.69) is 5.32 Å². The van der Waals surface area contributed by atoms with Crippen LogP contribution in [0.5, 0.6) is 11.5 Å². The van der Waals surface area contributed by atoms with Gasteiger partial charge in [0.1, 0.15) is 13.2 Å². The number of carbonyl (C=O) groups is 2. The van der Waals surface area contributed by atoms with E-state index in [9.17, 15) is 14.7 Å². The van der Waals surface area contributed by atoms with E-state index in [1.54, 1.807) is 23.1 Å². The molecule has 3 heterocycles. The summed E-state index contributed by atoms with van der Waals surface area (Å²) in [6.07, 6.45) is 1.15. The summed E-state index contributed by atoms with van der Waals surface area (Å²) in [6.45, 7) is 2.47. The quantitative estimate of drug-likeness (QED) is 0.793. The maximum Gasteiger partial charge on any atom is 0.227 e. The third kappa shape index (κ3) is 3.86. The molecule has 146 valence electrons. The Morgan fingerprint density at radius 3 is 2.70 bits per heavy atom. The Kier molecular flexibility index (Phi) is 4.92. The zero-order valence-corrected chi connectivity index (χ0v) is 15.1. The fourth-order valence-electron chi connectivity index (χ4n) is 3.66. The van der Waals surface area contributed by atoms with Gasteiger partial charge < -0.3 is 29.5 Å². The Balaban J connectivity index is 1.37. The summed E-state index contributed by atoms with van der Waals surface area (Å²) < 4.78 is 16.3. The second-order valence-electron chi connectivity index (χ2n) is 7.29. The number of benzene rings is 1. The van der Waals surface area contributed by atoms with Gasteiger partial charge in [-0.25, -0.2) is 0 Å². The average molecular weight is 376 g/mol. The van der Waals surface area contributed by atoms with Gasteiger partial charge in [-0.1, -0.05) is 0 Å². The van der Waals surface area contributed by atoms with E-state index in [4.69, 9.17) is 14.2 Å². The van der Waals surface area contributed by atoms with Crippen molar-refractivity contribution in [1.29, 1.82) is 0 Å². The molecule has 27 heavy (non-hydrogen) atoms. The van der Waals surface area contributed by atoms with Crippen LogP contribution in [0.15, 0.2) is 18.2 Å². The van der Waals surface area contributed by atoms with Crippen LogP contribution >= 0.6 is 0 Å². The van der Waals surface area contributed by atoms with Gasteiger partial charge in [0.2, 0.25) is 11.8 Å². The third-order valence-corrected chi connectivity index (χ3v) is 5.35. The number of hydrogen-bond acceptors (Lipinski definition) is 6. The fraction of sp³-hybridized carbons (Fsp3) is 0.579. The van der Waals surface area contributed by atoms with Crippen molar-refractivity contribution < 1.29 is 28.9 Å². The van der Waals surface area contributed by atoms with Crippen LogP contribution in [0, 0.1) is 5.92 Å². The molecule has 1 aromatic carbocycles. The number of ether oxygens (including phenoxy) is 3. The van der Waals surface area contributed by atoms with Gasteiger partial charge in [-0.15, -0.1) is 0 Å². The van der Waals surface area contributed by atoms with E-state index in [0.29, 0.717) is 63.0 Å². The molecule has 0 aliphatic carbocycles. The lowest BCUT2D eigenvalue weighted by Crippen LogP contribution is -2.48. The van der Waals surface area contributed by atoms with E-state index >= 15 is 0 Å². The SMILES string of the molecule is O=C(NCC1(O)CCOCC1)[C@H]1CC(=O)N(c2ccc3c(c2)OCCO3)C1. The van der Waals surface area contributed by atoms with Gasteiger partial charge in [0.15, 0.2) is 11.5 Å². The number of hydrogen-bond donors (Lipinski definition) is 2. The molecule has 8 heteroatoms. The van der Waals surface area contributed by atoms with Crippen molar-refractivity contribution in [3.05, 3.63) is 18.2 Å². The predicted molar refractivity (Wildman–Crippen MR) is 95.9 cm³/mol. The van der Waals surface area contributed by atoms with Gasteiger partial charge in [-0.3, -0.25) is 9.59 Å². The van der Waals surface area contributed by atoms with Crippen molar-refractivity contribution in [1.82, 2.24) is 5.32 Å². The highest BCUT2D eigenvalue weighted by Gasteiger charge is 2.37. The molecule has 8 nitrogen and oxygen atoms in total. The Hall–Kier alpha value is -2.32. The molecule has 4 rings (SSSR count). The van der Waals surface area contributed by atoms with Crippen molar-refractivity contribution in [3.8, 4) is 11.5 Å². The zero-order valence-electron chi connectivity index (χ0n) is 15.1. The lowest BCUT2D eigenvalue weighted by atomic mass is 9.94. The second-order valence-corrected chi connectivity index (χ2v) is 7.29. The first kappa shape index (κ1) is 18.1. The monoisotopic (exact) mass is 376 g/mol. The van der Waals surface area contributed by atoms with Gasteiger partial charge in [-0.05, 0) is 12.1 Å². The highest BCUT2D eigenvalue weighted by molar-refractivity contribution is 6.00. The highest BCUT2D eigenvalue weighted by atomic mass is 16.6. The molecule has 2 fully saturated rings. The molecular weight excluding hydrogens is 352 g/mol. The minimum Gasteiger partial charge on any atom is -0.486 e. The summed E-state index contributed by atoms with van der Waals surface area (Å²) in [4.78, 5) is 26.5. The molecule has 2 amide bonds. The van der Waals surface area contributed by atoms with E-state index in [-0.39, 0.29) is 24.8 Å². The third-order valence-electron chi connectivity index (χ3n) is 5.35. The topological polar surface area (TPSA) is 97.3 Å². The minimum atomic E-state index is -0.925. The molecule has 3 aliphatic heterocycles. The maximum atomic E-state index is 12.5. The number of anilines is 1. The average Bonchev–Trinajstić information content (AvgIpc) is 3.08. The molecular formula is C19H24N2O6. The van der Waals surface area contributed by atoms with E-state index < -0.39 is 11.5 Å². The largest absolute Gasteiger partial charge is 0.486 e. The van der Waals surface area contributed by atoms with Crippen LogP contribution in [0.25, 0.3) is 0 Å². The first-order chi connectivity index (χ1) is 13.0. The number of amides is 2. The molecule has 2 saturated heterocycles. The maximum absolute atomic E-state index is 12.5. The summed E-state index contributed by atoms with van der Waals surface area (Å²) in [5.41, 5.74) is -0.228. The molecule has 0 bridgehead atoms. The number of nitrogens with zero attached hydrogens (tertiary/aromatic N) is 1. The van der Waals surface area contributed by atoms with Gasteiger partial charge in [0.05, 0.1) is 11.5 Å². The van der Waals surface area contributed by atoms with Crippen molar-refractivity contribution in [2.24, 2.45) is 5.92 Å². The van der Waals surface area contributed by atoms with Crippen LogP contribution in [-0.4, -0.2) is 62.0 Å². The molecule has 0 aromatic heterocycles. The van der Waals surface area contributed by atoms with Crippen molar-refractivity contribution >= 4 is 17.5 Å². The molecule has 0 saturated carbocycles. The van der Waals surface area contributed by atoms with Gasteiger partial charge >= 0.3 is 0 Å². The smallest absolute Gasteiger partial charge is 0.227 e. The summed E-state index contributed by atoms with van der Waals surface area (Å²) >= 11 is 0. The summed E-state index contributed by atoms with van der Waals surface area (Å²) in [5, 5.41) is 13.3. The van der Waals surface area contributed by atoms with Gasteiger partial charge in [0, 0.05) is 57.3 Å². The predicted octanol–water partition coefficient (Wildman–Crippen LogP) is 0.468. The number of rotatable bonds is 4. The highest BCUT2D eigenvalue weighted by Crippen LogP contribution is 2.36. The first-order valence-electron chi connectivity index (χ1n) is 9.32. The Morgan fingerprint density at radius 1 is 1.19 bits per heavy atom. The summed E-state index contributed by atoms with van der Waals surface area (Å²) in [6, 6.07) is 5.36. The van der Waals surface area contributed by atoms with Crippen LogP contribution in [0.1, 0.15) is 19.3 Å². The van der Waals surface area contributed by atoms with E-state index in [0.717, 1.165) is 0 Å². The van der Waals surface area contributed by atoms with Crippen LogP contribution in [0.3, 0.4) is 0 Å². The first-order valence-corrected chi connectivity index (χ1v) is 9.32. The lowest BCUT2D eigenvalue weighted by molar-refractivity contribution is -0.128. The lowest BCUT2D eigenvalue weighted by Gasteiger charge is -2.32. The van der Waals surface area contributed by atoms with Crippen molar-refractivity contribution in [2.45, 2.75) is 24.9 Å². The Morgan fingerprint density at radius 2 is 1.93 bits per heavy atom.